The van der Waals surface area contributed by atoms with E-state index in [9.17, 15) is 0 Å². The van der Waals surface area contributed by atoms with E-state index in [-0.39, 0.29) is 6.04 Å². The molecule has 0 heterocycles. The van der Waals surface area contributed by atoms with Gasteiger partial charge in [0, 0.05) is 6.04 Å². The van der Waals surface area contributed by atoms with Crippen LogP contribution in [0.1, 0.15) is 18.9 Å². The fourth-order valence-electron chi connectivity index (χ4n) is 1.58. The first-order valence-corrected chi connectivity index (χ1v) is 5.83. The van der Waals surface area contributed by atoms with Crippen molar-refractivity contribution in [2.75, 3.05) is 13.7 Å². The second kappa shape index (κ2) is 6.97. The SMILES string of the molecule is C=CCCOc1ccc(OC)cc1CC(C)N. The van der Waals surface area contributed by atoms with Gasteiger partial charge >= 0.3 is 0 Å². The summed E-state index contributed by atoms with van der Waals surface area (Å²) in [5.41, 5.74) is 6.91. The maximum absolute atomic E-state index is 5.83. The molecule has 0 saturated carbocycles. The van der Waals surface area contributed by atoms with Crippen molar-refractivity contribution in [3.05, 3.63) is 36.4 Å². The summed E-state index contributed by atoms with van der Waals surface area (Å²) in [6.45, 7) is 6.29. The lowest BCUT2D eigenvalue weighted by Crippen LogP contribution is -2.18. The molecule has 3 heteroatoms. The number of nitrogens with two attached hydrogens (primary N) is 1. The molecule has 0 saturated heterocycles. The van der Waals surface area contributed by atoms with Crippen molar-refractivity contribution < 1.29 is 9.47 Å². The van der Waals surface area contributed by atoms with E-state index in [2.05, 4.69) is 6.58 Å². The first-order valence-electron chi connectivity index (χ1n) is 5.83. The molecule has 17 heavy (non-hydrogen) atoms. The van der Waals surface area contributed by atoms with E-state index in [1.165, 1.54) is 0 Å². The molecule has 1 aromatic carbocycles. The van der Waals surface area contributed by atoms with Gasteiger partial charge in [-0.1, -0.05) is 6.08 Å². The Hall–Kier alpha value is -1.48. The summed E-state index contributed by atoms with van der Waals surface area (Å²) in [7, 11) is 1.66. The summed E-state index contributed by atoms with van der Waals surface area (Å²) in [5.74, 6) is 1.71. The molecule has 1 atom stereocenters. The Bertz CT molecular complexity index is 361. The van der Waals surface area contributed by atoms with Crippen molar-refractivity contribution in [2.24, 2.45) is 5.73 Å². The van der Waals surface area contributed by atoms with Gasteiger partial charge in [-0.3, -0.25) is 0 Å². The van der Waals surface area contributed by atoms with Gasteiger partial charge < -0.3 is 15.2 Å². The summed E-state index contributed by atoms with van der Waals surface area (Å²) < 4.78 is 10.9. The minimum Gasteiger partial charge on any atom is -0.497 e. The number of hydrogen-bond donors (Lipinski definition) is 1. The van der Waals surface area contributed by atoms with E-state index in [1.54, 1.807) is 7.11 Å². The van der Waals surface area contributed by atoms with Gasteiger partial charge in [0.25, 0.3) is 0 Å². The van der Waals surface area contributed by atoms with Gasteiger partial charge in [0.15, 0.2) is 0 Å². The van der Waals surface area contributed by atoms with E-state index in [0.29, 0.717) is 6.61 Å². The Morgan fingerprint density at radius 3 is 2.82 bits per heavy atom. The lowest BCUT2D eigenvalue weighted by Gasteiger charge is -2.14. The zero-order valence-electron chi connectivity index (χ0n) is 10.6. The van der Waals surface area contributed by atoms with Crippen LogP contribution in [0.25, 0.3) is 0 Å². The molecular weight excluding hydrogens is 214 g/mol. The van der Waals surface area contributed by atoms with Crippen LogP contribution in [0.2, 0.25) is 0 Å². The topological polar surface area (TPSA) is 44.5 Å². The zero-order chi connectivity index (χ0) is 12.7. The molecule has 0 aliphatic heterocycles. The average molecular weight is 235 g/mol. The molecular formula is C14H21NO2. The van der Waals surface area contributed by atoms with Crippen LogP contribution < -0.4 is 15.2 Å². The third kappa shape index (κ3) is 4.49. The fourth-order valence-corrected chi connectivity index (χ4v) is 1.58. The molecule has 1 unspecified atom stereocenters. The van der Waals surface area contributed by atoms with Crippen molar-refractivity contribution in [2.45, 2.75) is 25.8 Å². The van der Waals surface area contributed by atoms with Gasteiger partial charge in [-0.05, 0) is 43.5 Å². The fraction of sp³-hybridized carbons (Fsp3) is 0.429. The standard InChI is InChI=1S/C14H21NO2/c1-4-5-8-17-14-7-6-13(16-3)10-12(14)9-11(2)15/h4,6-7,10-11H,1,5,8-9,15H2,2-3H3. The molecule has 0 aliphatic carbocycles. The molecule has 1 aromatic rings. The Morgan fingerprint density at radius 2 is 2.24 bits per heavy atom. The van der Waals surface area contributed by atoms with Gasteiger partial charge in [-0.25, -0.2) is 0 Å². The number of methoxy groups -OCH3 is 1. The monoisotopic (exact) mass is 235 g/mol. The second-order valence-corrected chi connectivity index (χ2v) is 4.08. The van der Waals surface area contributed by atoms with Crippen LogP contribution in [0.3, 0.4) is 0 Å². The molecule has 0 radical (unpaired) electrons. The predicted octanol–water partition coefficient (Wildman–Crippen LogP) is 2.54. The molecule has 2 N–H and O–H groups in total. The van der Waals surface area contributed by atoms with Gasteiger partial charge in [0.1, 0.15) is 11.5 Å². The summed E-state index contributed by atoms with van der Waals surface area (Å²) >= 11 is 0. The van der Waals surface area contributed by atoms with E-state index in [0.717, 1.165) is 29.9 Å². The Labute approximate surface area is 103 Å². The van der Waals surface area contributed by atoms with Crippen LogP contribution in [0.5, 0.6) is 11.5 Å². The maximum Gasteiger partial charge on any atom is 0.122 e. The molecule has 94 valence electrons. The van der Waals surface area contributed by atoms with Crippen LogP contribution in [0, 0.1) is 0 Å². The van der Waals surface area contributed by atoms with Crippen molar-refractivity contribution in [3.63, 3.8) is 0 Å². The number of ether oxygens (including phenoxy) is 2. The molecule has 0 fully saturated rings. The highest BCUT2D eigenvalue weighted by molar-refractivity contribution is 5.40. The Balaban J connectivity index is 2.81. The second-order valence-electron chi connectivity index (χ2n) is 4.08. The number of rotatable bonds is 7. The van der Waals surface area contributed by atoms with Crippen molar-refractivity contribution >= 4 is 0 Å². The summed E-state index contributed by atoms with van der Waals surface area (Å²) in [6, 6.07) is 5.91. The first kappa shape index (κ1) is 13.6. The minimum atomic E-state index is 0.101. The normalized spacial score (nSPS) is 11.9. The van der Waals surface area contributed by atoms with Crippen LogP contribution in [-0.4, -0.2) is 19.8 Å². The maximum atomic E-state index is 5.83. The Morgan fingerprint density at radius 1 is 1.47 bits per heavy atom. The molecule has 0 bridgehead atoms. The highest BCUT2D eigenvalue weighted by Gasteiger charge is 2.07. The highest BCUT2D eigenvalue weighted by atomic mass is 16.5. The van der Waals surface area contributed by atoms with Gasteiger partial charge in [-0.15, -0.1) is 6.58 Å². The third-order valence-corrected chi connectivity index (χ3v) is 2.39. The largest absolute Gasteiger partial charge is 0.497 e. The minimum absolute atomic E-state index is 0.101. The highest BCUT2D eigenvalue weighted by Crippen LogP contribution is 2.25. The van der Waals surface area contributed by atoms with Gasteiger partial charge in [-0.2, -0.15) is 0 Å². The molecule has 0 amide bonds. The lowest BCUT2D eigenvalue weighted by molar-refractivity contribution is 0.320. The lowest BCUT2D eigenvalue weighted by atomic mass is 10.1. The number of hydrogen-bond acceptors (Lipinski definition) is 3. The van der Waals surface area contributed by atoms with E-state index < -0.39 is 0 Å². The van der Waals surface area contributed by atoms with Crippen LogP contribution in [-0.2, 0) is 6.42 Å². The zero-order valence-corrected chi connectivity index (χ0v) is 10.6. The third-order valence-electron chi connectivity index (χ3n) is 2.39. The van der Waals surface area contributed by atoms with Crippen molar-refractivity contribution in [3.8, 4) is 11.5 Å². The molecule has 3 nitrogen and oxygen atoms in total. The number of benzene rings is 1. The summed E-state index contributed by atoms with van der Waals surface area (Å²) in [5, 5.41) is 0. The van der Waals surface area contributed by atoms with Crippen LogP contribution in [0.4, 0.5) is 0 Å². The van der Waals surface area contributed by atoms with E-state index in [4.69, 9.17) is 15.2 Å². The smallest absolute Gasteiger partial charge is 0.122 e. The van der Waals surface area contributed by atoms with E-state index >= 15 is 0 Å². The average Bonchev–Trinajstić information content (AvgIpc) is 2.30. The molecule has 0 spiro atoms. The summed E-state index contributed by atoms with van der Waals surface area (Å²) in [6.07, 6.45) is 3.46. The van der Waals surface area contributed by atoms with Crippen LogP contribution >= 0.6 is 0 Å². The van der Waals surface area contributed by atoms with Gasteiger partial charge in [0.2, 0.25) is 0 Å². The molecule has 0 aliphatic rings. The van der Waals surface area contributed by atoms with Gasteiger partial charge in [0.05, 0.1) is 13.7 Å². The van der Waals surface area contributed by atoms with Crippen LogP contribution in [0.15, 0.2) is 30.9 Å². The van der Waals surface area contributed by atoms with Crippen molar-refractivity contribution in [1.82, 2.24) is 0 Å². The van der Waals surface area contributed by atoms with E-state index in [1.807, 2.05) is 31.2 Å². The van der Waals surface area contributed by atoms with Crippen molar-refractivity contribution in [1.29, 1.82) is 0 Å². The molecule has 1 rings (SSSR count). The quantitative estimate of drug-likeness (QED) is 0.583. The predicted molar refractivity (Wildman–Crippen MR) is 70.7 cm³/mol. The molecule has 0 aromatic heterocycles. The Kier molecular flexibility index (Phi) is 5.57. The first-order chi connectivity index (χ1) is 8.17. The summed E-state index contributed by atoms with van der Waals surface area (Å²) in [4.78, 5) is 0.